The summed E-state index contributed by atoms with van der Waals surface area (Å²) in [6.45, 7) is 0.317. The number of urea groups is 1. The zero-order chi connectivity index (χ0) is 17.0. The highest BCUT2D eigenvalue weighted by Crippen LogP contribution is 2.38. The second kappa shape index (κ2) is 5.00. The first-order chi connectivity index (χ1) is 11.5. The molecular weight excluding hydrogens is 314 g/mol. The second-order valence-electron chi connectivity index (χ2n) is 5.86. The van der Waals surface area contributed by atoms with Crippen LogP contribution in [0.15, 0.2) is 36.4 Å². The summed E-state index contributed by atoms with van der Waals surface area (Å²) >= 11 is 0. The van der Waals surface area contributed by atoms with Gasteiger partial charge in [-0.05, 0) is 18.6 Å². The maximum absolute atomic E-state index is 12.6. The number of aliphatic hydroxyl groups is 1. The number of anilines is 1. The predicted octanol–water partition coefficient (Wildman–Crippen LogP) is 1.65. The molecular formula is C16H13N3O5. The third-order valence-electron chi connectivity index (χ3n) is 4.59. The lowest BCUT2D eigenvalue weighted by Crippen LogP contribution is -2.36. The number of carbonyl (C=O) groups excluding carboxylic acids is 2. The highest BCUT2D eigenvalue weighted by Gasteiger charge is 2.52. The van der Waals surface area contributed by atoms with E-state index >= 15 is 0 Å². The first-order valence-corrected chi connectivity index (χ1v) is 7.49. The predicted molar refractivity (Wildman–Crippen MR) is 84.6 cm³/mol. The Labute approximate surface area is 136 Å². The summed E-state index contributed by atoms with van der Waals surface area (Å²) in [5.41, 5.74) is 0.210. The highest BCUT2D eigenvalue weighted by atomic mass is 16.6. The van der Waals surface area contributed by atoms with Crippen LogP contribution in [0.2, 0.25) is 0 Å². The van der Waals surface area contributed by atoms with Crippen molar-refractivity contribution in [3.05, 3.63) is 46.5 Å². The molecule has 1 N–H and O–H groups in total. The normalized spacial score (nSPS) is 23.2. The van der Waals surface area contributed by atoms with E-state index in [1.54, 1.807) is 24.3 Å². The van der Waals surface area contributed by atoms with Crippen LogP contribution in [0.5, 0.6) is 0 Å². The molecule has 24 heavy (non-hydrogen) atoms. The number of imide groups is 1. The van der Waals surface area contributed by atoms with Gasteiger partial charge in [-0.1, -0.05) is 18.2 Å². The van der Waals surface area contributed by atoms with Crippen molar-refractivity contribution in [1.82, 2.24) is 4.90 Å². The van der Waals surface area contributed by atoms with Crippen molar-refractivity contribution < 1.29 is 19.6 Å². The Kier molecular flexibility index (Phi) is 3.04. The number of fused-ring (bicyclic) bond motifs is 2. The van der Waals surface area contributed by atoms with Crippen LogP contribution in [0.3, 0.4) is 0 Å². The fraction of sp³-hybridized carbons (Fsp3) is 0.250. The Hall–Kier alpha value is -3.00. The van der Waals surface area contributed by atoms with E-state index in [4.69, 9.17) is 0 Å². The number of hydrogen-bond acceptors (Lipinski definition) is 5. The minimum absolute atomic E-state index is 0.0889. The van der Waals surface area contributed by atoms with E-state index in [1.165, 1.54) is 17.0 Å². The monoisotopic (exact) mass is 327 g/mol. The molecule has 2 unspecified atom stereocenters. The summed E-state index contributed by atoms with van der Waals surface area (Å²) in [4.78, 5) is 38.3. The number of nitro groups is 1. The first-order valence-electron chi connectivity index (χ1n) is 7.49. The van der Waals surface area contributed by atoms with Gasteiger partial charge >= 0.3 is 6.03 Å². The maximum Gasteiger partial charge on any atom is 0.332 e. The zero-order valence-electron chi connectivity index (χ0n) is 12.5. The van der Waals surface area contributed by atoms with E-state index < -0.39 is 29.0 Å². The van der Waals surface area contributed by atoms with Gasteiger partial charge in [0.05, 0.1) is 22.1 Å². The second-order valence-corrected chi connectivity index (χ2v) is 5.86. The topological polar surface area (TPSA) is 104 Å². The minimum Gasteiger partial charge on any atom is -0.390 e. The summed E-state index contributed by atoms with van der Waals surface area (Å²) in [5, 5.41) is 22.0. The molecule has 2 aromatic carbocycles. The number of amides is 3. The van der Waals surface area contributed by atoms with Gasteiger partial charge in [0.2, 0.25) is 0 Å². The lowest BCUT2D eigenvalue weighted by molar-refractivity contribution is -0.383. The maximum atomic E-state index is 12.6. The number of aliphatic hydroxyl groups excluding tert-OH is 1. The molecule has 2 heterocycles. The van der Waals surface area contributed by atoms with Crippen LogP contribution in [0.25, 0.3) is 10.8 Å². The molecule has 0 radical (unpaired) electrons. The molecule has 2 fully saturated rings. The van der Waals surface area contributed by atoms with E-state index in [9.17, 15) is 24.8 Å². The van der Waals surface area contributed by atoms with E-state index in [-0.39, 0.29) is 5.69 Å². The molecule has 0 bridgehead atoms. The van der Waals surface area contributed by atoms with Crippen molar-refractivity contribution in [2.75, 3.05) is 11.4 Å². The van der Waals surface area contributed by atoms with Crippen molar-refractivity contribution in [3.8, 4) is 0 Å². The average Bonchev–Trinajstić information content (AvgIpc) is 3.06. The number of nitro benzene ring substituents is 1. The third-order valence-corrected chi connectivity index (χ3v) is 4.59. The average molecular weight is 327 g/mol. The van der Waals surface area contributed by atoms with Crippen LogP contribution in [-0.2, 0) is 4.79 Å². The number of rotatable bonds is 2. The van der Waals surface area contributed by atoms with Crippen LogP contribution in [-0.4, -0.2) is 45.6 Å². The van der Waals surface area contributed by atoms with E-state index in [0.717, 1.165) is 4.90 Å². The fourth-order valence-electron chi connectivity index (χ4n) is 3.49. The molecule has 0 saturated carbocycles. The smallest absolute Gasteiger partial charge is 0.332 e. The lowest BCUT2D eigenvalue weighted by Gasteiger charge is -2.17. The largest absolute Gasteiger partial charge is 0.390 e. The lowest BCUT2D eigenvalue weighted by atomic mass is 10.1. The summed E-state index contributed by atoms with van der Waals surface area (Å²) < 4.78 is 0. The molecule has 8 heteroatoms. The molecule has 0 spiro atoms. The Morgan fingerprint density at radius 2 is 1.83 bits per heavy atom. The van der Waals surface area contributed by atoms with Crippen LogP contribution in [0.1, 0.15) is 6.42 Å². The zero-order valence-corrected chi connectivity index (χ0v) is 12.5. The molecule has 8 nitrogen and oxygen atoms in total. The SMILES string of the molecule is O=C1C2C(O)CCN2C(=O)N1c1ccc([N+](=O)[O-])c2ccccc12. The third kappa shape index (κ3) is 1.83. The highest BCUT2D eigenvalue weighted by molar-refractivity contribution is 6.25. The van der Waals surface area contributed by atoms with E-state index in [2.05, 4.69) is 0 Å². The van der Waals surface area contributed by atoms with Crippen molar-refractivity contribution in [1.29, 1.82) is 0 Å². The number of hydrogen-bond donors (Lipinski definition) is 1. The van der Waals surface area contributed by atoms with Crippen LogP contribution < -0.4 is 4.90 Å². The Bertz CT molecular complexity index is 896. The van der Waals surface area contributed by atoms with Gasteiger partial charge in [0, 0.05) is 18.0 Å². The summed E-state index contributed by atoms with van der Waals surface area (Å²) in [6.07, 6.45) is -0.507. The van der Waals surface area contributed by atoms with Gasteiger partial charge in [0.15, 0.2) is 0 Å². The molecule has 3 amide bonds. The van der Waals surface area contributed by atoms with Crippen molar-refractivity contribution in [3.63, 3.8) is 0 Å². The quantitative estimate of drug-likeness (QED) is 0.513. The van der Waals surface area contributed by atoms with Crippen molar-refractivity contribution in [2.24, 2.45) is 0 Å². The number of nitrogens with zero attached hydrogens (tertiary/aromatic N) is 3. The molecule has 0 aromatic heterocycles. The van der Waals surface area contributed by atoms with Gasteiger partial charge in [-0.15, -0.1) is 0 Å². The van der Waals surface area contributed by atoms with E-state index in [1.807, 2.05) is 0 Å². The fourth-order valence-corrected chi connectivity index (χ4v) is 3.49. The molecule has 2 aromatic rings. The van der Waals surface area contributed by atoms with Gasteiger partial charge < -0.3 is 10.0 Å². The molecule has 2 atom stereocenters. The summed E-state index contributed by atoms with van der Waals surface area (Å²) in [6, 6.07) is 7.90. The van der Waals surface area contributed by atoms with Gasteiger partial charge in [0.1, 0.15) is 6.04 Å². The standard InChI is InChI=1S/C16H13N3O5/c20-13-7-8-17-14(13)15(21)18(16(17)22)11-5-6-12(19(23)24)10-4-2-1-3-9(10)11/h1-6,13-14,20H,7-8H2. The molecule has 2 aliphatic heterocycles. The Morgan fingerprint density at radius 1 is 1.12 bits per heavy atom. The van der Waals surface area contributed by atoms with Gasteiger partial charge in [-0.25, -0.2) is 9.69 Å². The van der Waals surface area contributed by atoms with Crippen LogP contribution in [0.4, 0.5) is 16.2 Å². The van der Waals surface area contributed by atoms with Gasteiger partial charge in [-0.3, -0.25) is 14.9 Å². The summed E-state index contributed by atoms with van der Waals surface area (Å²) in [5.74, 6) is -0.496. The Balaban J connectivity index is 1.89. The van der Waals surface area contributed by atoms with Crippen LogP contribution in [0, 0.1) is 10.1 Å². The first kappa shape index (κ1) is 14.6. The van der Waals surface area contributed by atoms with Crippen molar-refractivity contribution in [2.45, 2.75) is 18.6 Å². The number of non-ortho nitro benzene ring substituents is 1. The molecule has 0 aliphatic carbocycles. The molecule has 2 saturated heterocycles. The van der Waals surface area contributed by atoms with Gasteiger partial charge in [-0.2, -0.15) is 0 Å². The van der Waals surface area contributed by atoms with Crippen molar-refractivity contribution >= 4 is 34.1 Å². The van der Waals surface area contributed by atoms with E-state index in [0.29, 0.717) is 29.4 Å². The summed E-state index contributed by atoms with van der Waals surface area (Å²) in [7, 11) is 0. The number of benzene rings is 2. The molecule has 2 aliphatic rings. The van der Waals surface area contributed by atoms with Crippen LogP contribution >= 0.6 is 0 Å². The molecule has 4 rings (SSSR count). The molecule has 122 valence electrons. The minimum atomic E-state index is -0.879. The Morgan fingerprint density at radius 3 is 2.50 bits per heavy atom. The number of carbonyl (C=O) groups is 2. The van der Waals surface area contributed by atoms with Gasteiger partial charge in [0.25, 0.3) is 11.6 Å².